The van der Waals surface area contributed by atoms with Gasteiger partial charge in [-0.15, -0.1) is 18.3 Å². The predicted octanol–water partition coefficient (Wildman–Crippen LogP) is 5.46. The van der Waals surface area contributed by atoms with E-state index >= 15 is 0 Å². The standard InChI is InChI=1S/C22H16ClF3N6O2S/c1-13-3-6-15(11-17(13)23)32-18(12-35-21-27-9-2-10-28-21)19(30-31-32)20(33)29-14-4-7-16(8-5-14)34-22(24,25)26/h2-11H,12H2,1H3,(H,29,33). The van der Waals surface area contributed by atoms with E-state index in [9.17, 15) is 18.0 Å². The van der Waals surface area contributed by atoms with Crippen molar-refractivity contribution in [3.8, 4) is 11.4 Å². The number of nitrogens with one attached hydrogen (secondary N) is 1. The molecule has 0 aliphatic rings. The van der Waals surface area contributed by atoms with E-state index in [4.69, 9.17) is 11.6 Å². The molecule has 0 fully saturated rings. The highest BCUT2D eigenvalue weighted by Crippen LogP contribution is 2.27. The van der Waals surface area contributed by atoms with Crippen LogP contribution in [0.15, 0.2) is 66.1 Å². The van der Waals surface area contributed by atoms with Crippen molar-refractivity contribution < 1.29 is 22.7 Å². The molecule has 2 aromatic carbocycles. The van der Waals surface area contributed by atoms with Gasteiger partial charge in [-0.3, -0.25) is 4.79 Å². The second-order valence-electron chi connectivity index (χ2n) is 7.08. The van der Waals surface area contributed by atoms with Gasteiger partial charge in [0, 0.05) is 28.9 Å². The first-order valence-electron chi connectivity index (χ1n) is 9.98. The fourth-order valence-electron chi connectivity index (χ4n) is 2.95. The van der Waals surface area contributed by atoms with Crippen LogP contribution in [0.1, 0.15) is 21.7 Å². The van der Waals surface area contributed by atoms with Gasteiger partial charge in [-0.25, -0.2) is 14.6 Å². The Bertz CT molecular complexity index is 1330. The monoisotopic (exact) mass is 520 g/mol. The number of hydrogen-bond donors (Lipinski definition) is 1. The number of carbonyl (C=O) groups excluding carboxylic acids is 1. The van der Waals surface area contributed by atoms with Crippen molar-refractivity contribution in [1.82, 2.24) is 25.0 Å². The first-order valence-corrected chi connectivity index (χ1v) is 11.3. The third-order valence-corrected chi connectivity index (χ3v) is 5.90. The van der Waals surface area contributed by atoms with Crippen LogP contribution < -0.4 is 10.1 Å². The molecule has 180 valence electrons. The van der Waals surface area contributed by atoms with Crippen molar-refractivity contribution in [2.45, 2.75) is 24.2 Å². The van der Waals surface area contributed by atoms with Crippen LogP contribution in [0.25, 0.3) is 5.69 Å². The van der Waals surface area contributed by atoms with Crippen LogP contribution in [0, 0.1) is 6.92 Å². The quantitative estimate of drug-likeness (QED) is 0.255. The molecule has 0 atom stereocenters. The predicted molar refractivity (Wildman–Crippen MR) is 124 cm³/mol. The first kappa shape index (κ1) is 24.5. The van der Waals surface area contributed by atoms with E-state index in [-0.39, 0.29) is 17.1 Å². The van der Waals surface area contributed by atoms with Crippen molar-refractivity contribution in [3.63, 3.8) is 0 Å². The van der Waals surface area contributed by atoms with Crippen molar-refractivity contribution >= 4 is 35.0 Å². The molecule has 35 heavy (non-hydrogen) atoms. The summed E-state index contributed by atoms with van der Waals surface area (Å²) < 4.78 is 42.5. The van der Waals surface area contributed by atoms with Crippen LogP contribution in [0.2, 0.25) is 5.02 Å². The fourth-order valence-corrected chi connectivity index (χ4v) is 3.92. The Morgan fingerprint density at radius 3 is 2.51 bits per heavy atom. The number of thioether (sulfide) groups is 1. The van der Waals surface area contributed by atoms with Gasteiger partial charge >= 0.3 is 6.36 Å². The lowest BCUT2D eigenvalue weighted by atomic mass is 10.2. The molecule has 8 nitrogen and oxygen atoms in total. The normalized spacial score (nSPS) is 11.3. The lowest BCUT2D eigenvalue weighted by molar-refractivity contribution is -0.274. The third kappa shape index (κ3) is 6.28. The van der Waals surface area contributed by atoms with Crippen molar-refractivity contribution in [1.29, 1.82) is 0 Å². The van der Waals surface area contributed by atoms with Crippen LogP contribution in [-0.2, 0) is 5.75 Å². The van der Waals surface area contributed by atoms with E-state index in [1.807, 2.05) is 13.0 Å². The van der Waals surface area contributed by atoms with Gasteiger partial charge in [-0.2, -0.15) is 0 Å². The third-order valence-electron chi connectivity index (χ3n) is 4.60. The number of amides is 1. The minimum Gasteiger partial charge on any atom is -0.406 e. The largest absolute Gasteiger partial charge is 0.573 e. The number of carbonyl (C=O) groups is 1. The van der Waals surface area contributed by atoms with Gasteiger partial charge in [0.1, 0.15) is 5.75 Å². The molecule has 0 saturated heterocycles. The van der Waals surface area contributed by atoms with E-state index in [0.29, 0.717) is 21.6 Å². The highest BCUT2D eigenvalue weighted by Gasteiger charge is 2.31. The van der Waals surface area contributed by atoms with Crippen molar-refractivity contribution in [2.75, 3.05) is 5.32 Å². The number of aromatic nitrogens is 5. The van der Waals surface area contributed by atoms with Crippen LogP contribution in [-0.4, -0.2) is 37.2 Å². The van der Waals surface area contributed by atoms with Gasteiger partial charge in [-0.05, 0) is 55.0 Å². The average Bonchev–Trinajstić information content (AvgIpc) is 3.24. The van der Waals surface area contributed by atoms with Gasteiger partial charge in [0.2, 0.25) is 0 Å². The maximum absolute atomic E-state index is 13.0. The second kappa shape index (κ2) is 10.3. The van der Waals surface area contributed by atoms with E-state index < -0.39 is 18.0 Å². The Hall–Kier alpha value is -3.64. The number of aryl methyl sites for hydroxylation is 1. The minimum absolute atomic E-state index is 0.0285. The lowest BCUT2D eigenvalue weighted by Crippen LogP contribution is -2.17. The summed E-state index contributed by atoms with van der Waals surface area (Å²) in [5.41, 5.74) is 2.21. The zero-order chi connectivity index (χ0) is 25.0. The Labute approximate surface area is 206 Å². The highest BCUT2D eigenvalue weighted by atomic mass is 35.5. The SMILES string of the molecule is Cc1ccc(-n2nnc(C(=O)Nc3ccc(OC(F)(F)F)cc3)c2CSc2ncccn2)cc1Cl. The molecule has 1 N–H and O–H groups in total. The fraction of sp³-hybridized carbons (Fsp3) is 0.136. The summed E-state index contributed by atoms with van der Waals surface area (Å²) in [5, 5.41) is 11.8. The molecular formula is C22H16ClF3N6O2S. The second-order valence-corrected chi connectivity index (χ2v) is 8.43. The number of anilines is 1. The number of benzene rings is 2. The Balaban J connectivity index is 1.61. The van der Waals surface area contributed by atoms with Gasteiger partial charge < -0.3 is 10.1 Å². The van der Waals surface area contributed by atoms with Crippen LogP contribution in [0.3, 0.4) is 0 Å². The van der Waals surface area contributed by atoms with Crippen LogP contribution >= 0.6 is 23.4 Å². The topological polar surface area (TPSA) is 94.8 Å². The van der Waals surface area contributed by atoms with Gasteiger partial charge in [0.05, 0.1) is 11.4 Å². The zero-order valence-electron chi connectivity index (χ0n) is 18.0. The Kier molecular flexibility index (Phi) is 7.22. The molecule has 2 aromatic heterocycles. The van der Waals surface area contributed by atoms with Crippen molar-refractivity contribution in [3.05, 3.63) is 82.9 Å². The van der Waals surface area contributed by atoms with Crippen molar-refractivity contribution in [2.24, 2.45) is 0 Å². The summed E-state index contributed by atoms with van der Waals surface area (Å²) in [5.74, 6) is -0.745. The number of alkyl halides is 3. The van der Waals surface area contributed by atoms with Crippen LogP contribution in [0.4, 0.5) is 18.9 Å². The minimum atomic E-state index is -4.81. The average molecular weight is 521 g/mol. The van der Waals surface area contributed by atoms with E-state index in [0.717, 1.165) is 17.7 Å². The number of ether oxygens (including phenoxy) is 1. The molecule has 0 saturated carbocycles. The maximum Gasteiger partial charge on any atom is 0.573 e. The maximum atomic E-state index is 13.0. The molecule has 1 amide bonds. The molecule has 4 aromatic rings. The molecule has 4 rings (SSSR count). The Morgan fingerprint density at radius 2 is 1.86 bits per heavy atom. The zero-order valence-corrected chi connectivity index (χ0v) is 19.5. The highest BCUT2D eigenvalue weighted by molar-refractivity contribution is 7.98. The van der Waals surface area contributed by atoms with E-state index in [2.05, 4.69) is 30.3 Å². The first-order chi connectivity index (χ1) is 16.7. The summed E-state index contributed by atoms with van der Waals surface area (Å²) in [4.78, 5) is 21.4. The number of halogens is 4. The summed E-state index contributed by atoms with van der Waals surface area (Å²) in [6, 6.07) is 11.8. The molecule has 0 radical (unpaired) electrons. The number of nitrogens with zero attached hydrogens (tertiary/aromatic N) is 5. The van der Waals surface area contributed by atoms with Gasteiger partial charge in [-0.1, -0.05) is 34.6 Å². The molecule has 0 spiro atoms. The lowest BCUT2D eigenvalue weighted by Gasteiger charge is -2.11. The molecular weight excluding hydrogens is 505 g/mol. The molecule has 0 aliphatic heterocycles. The van der Waals surface area contributed by atoms with Crippen LogP contribution in [0.5, 0.6) is 5.75 Å². The summed E-state index contributed by atoms with van der Waals surface area (Å²) in [6.07, 6.45) is -1.61. The molecule has 2 heterocycles. The molecule has 13 heteroatoms. The van der Waals surface area contributed by atoms with E-state index in [1.165, 1.54) is 28.6 Å². The molecule has 0 bridgehead atoms. The van der Waals surface area contributed by atoms with E-state index in [1.54, 1.807) is 30.6 Å². The summed E-state index contributed by atoms with van der Waals surface area (Å²) in [6.45, 7) is 1.86. The summed E-state index contributed by atoms with van der Waals surface area (Å²) in [7, 11) is 0. The van der Waals surface area contributed by atoms with Gasteiger partial charge in [0.25, 0.3) is 5.91 Å². The number of hydrogen-bond acceptors (Lipinski definition) is 7. The molecule has 0 aliphatic carbocycles. The smallest absolute Gasteiger partial charge is 0.406 e. The summed E-state index contributed by atoms with van der Waals surface area (Å²) >= 11 is 7.55. The van der Waals surface area contributed by atoms with Gasteiger partial charge in [0.15, 0.2) is 10.9 Å². The molecule has 0 unspecified atom stereocenters. The Morgan fingerprint density at radius 1 is 1.14 bits per heavy atom. The number of rotatable bonds is 7.